The number of anilines is 2. The van der Waals surface area contributed by atoms with E-state index in [1.165, 1.54) is 13.2 Å². The molecular weight excluding hydrogens is 187 g/mol. The second-order valence-corrected chi connectivity index (χ2v) is 2.66. The number of hydrogen-bond donors (Lipinski definition) is 2. The highest BCUT2D eigenvalue weighted by atomic mass is 19.1. The van der Waals surface area contributed by atoms with E-state index in [-0.39, 0.29) is 11.3 Å². The van der Waals surface area contributed by atoms with Gasteiger partial charge in [-0.2, -0.15) is 0 Å². The Morgan fingerprint density at radius 2 is 2.21 bits per heavy atom. The molecule has 0 atom stereocenters. The van der Waals surface area contributed by atoms with Crippen molar-refractivity contribution in [1.29, 1.82) is 0 Å². The van der Waals surface area contributed by atoms with Crippen molar-refractivity contribution < 1.29 is 13.9 Å². The Kier molecular flexibility index (Phi) is 2.91. The van der Waals surface area contributed by atoms with Crippen LogP contribution in [0.5, 0.6) is 0 Å². The minimum Gasteiger partial charge on any atom is -0.465 e. The summed E-state index contributed by atoms with van der Waals surface area (Å²) in [7, 11) is 2.82. The summed E-state index contributed by atoms with van der Waals surface area (Å²) in [5.74, 6) is -1.24. The van der Waals surface area contributed by atoms with Gasteiger partial charge in [0.2, 0.25) is 0 Å². The number of carbonyl (C=O) groups excluding carboxylic acids is 1. The molecule has 0 spiro atoms. The van der Waals surface area contributed by atoms with Crippen molar-refractivity contribution in [3.63, 3.8) is 0 Å². The zero-order chi connectivity index (χ0) is 10.7. The molecule has 1 rings (SSSR count). The Hall–Kier alpha value is -1.78. The average Bonchev–Trinajstić information content (AvgIpc) is 2.20. The number of nitrogens with two attached hydrogens (primary N) is 1. The van der Waals surface area contributed by atoms with E-state index >= 15 is 0 Å². The predicted octanol–water partition coefficient (Wildman–Crippen LogP) is 1.24. The fourth-order valence-corrected chi connectivity index (χ4v) is 1.06. The third-order valence-corrected chi connectivity index (χ3v) is 1.82. The lowest BCUT2D eigenvalue weighted by atomic mass is 10.1. The number of ether oxygens (including phenoxy) is 1. The maximum Gasteiger partial charge on any atom is 0.338 e. The molecule has 0 unspecified atom stereocenters. The summed E-state index contributed by atoms with van der Waals surface area (Å²) in [6.07, 6.45) is 0. The highest BCUT2D eigenvalue weighted by molar-refractivity contribution is 5.92. The summed E-state index contributed by atoms with van der Waals surface area (Å²) in [5, 5.41) is 2.68. The van der Waals surface area contributed by atoms with Crippen molar-refractivity contribution in [2.75, 3.05) is 25.2 Å². The van der Waals surface area contributed by atoms with Crippen LogP contribution >= 0.6 is 0 Å². The minimum absolute atomic E-state index is 0.0137. The van der Waals surface area contributed by atoms with Crippen LogP contribution in [0.3, 0.4) is 0 Å². The first-order chi connectivity index (χ1) is 6.60. The van der Waals surface area contributed by atoms with Crippen LogP contribution in [0.15, 0.2) is 12.1 Å². The van der Waals surface area contributed by atoms with Crippen molar-refractivity contribution in [3.05, 3.63) is 23.5 Å². The number of halogens is 1. The van der Waals surface area contributed by atoms with Crippen molar-refractivity contribution in [1.82, 2.24) is 0 Å². The van der Waals surface area contributed by atoms with Gasteiger partial charge in [-0.25, -0.2) is 9.18 Å². The first-order valence-electron chi connectivity index (χ1n) is 3.95. The van der Waals surface area contributed by atoms with Gasteiger partial charge < -0.3 is 15.8 Å². The molecule has 0 aliphatic rings. The Balaban J connectivity index is 3.22. The summed E-state index contributed by atoms with van der Waals surface area (Å²) in [6.45, 7) is 0. The van der Waals surface area contributed by atoms with Gasteiger partial charge in [-0.15, -0.1) is 0 Å². The van der Waals surface area contributed by atoms with E-state index in [1.807, 2.05) is 0 Å². The van der Waals surface area contributed by atoms with Gasteiger partial charge in [-0.1, -0.05) is 0 Å². The monoisotopic (exact) mass is 198 g/mol. The fraction of sp³-hybridized carbons (Fsp3) is 0.222. The normalized spacial score (nSPS) is 9.64. The molecule has 0 saturated heterocycles. The molecule has 0 aliphatic carbocycles. The largest absolute Gasteiger partial charge is 0.465 e. The number of nitrogens with one attached hydrogen (secondary N) is 1. The van der Waals surface area contributed by atoms with Gasteiger partial charge in [-0.3, -0.25) is 0 Å². The van der Waals surface area contributed by atoms with Gasteiger partial charge in [-0.05, 0) is 12.1 Å². The number of nitrogen functional groups attached to an aromatic ring is 1. The maximum atomic E-state index is 13.2. The van der Waals surface area contributed by atoms with Gasteiger partial charge in [0, 0.05) is 7.05 Å². The summed E-state index contributed by atoms with van der Waals surface area (Å²) >= 11 is 0. The maximum absolute atomic E-state index is 13.2. The lowest BCUT2D eigenvalue weighted by molar-refractivity contribution is 0.0600. The lowest BCUT2D eigenvalue weighted by Crippen LogP contribution is -2.06. The highest BCUT2D eigenvalue weighted by Crippen LogP contribution is 2.23. The molecule has 0 aromatic heterocycles. The Morgan fingerprint density at radius 3 is 2.71 bits per heavy atom. The highest BCUT2D eigenvalue weighted by Gasteiger charge is 2.12. The quantitative estimate of drug-likeness (QED) is 0.554. The van der Waals surface area contributed by atoms with Crippen LogP contribution in [-0.4, -0.2) is 20.1 Å². The van der Waals surface area contributed by atoms with Crippen LogP contribution in [0, 0.1) is 5.82 Å². The molecule has 0 bridgehead atoms. The lowest BCUT2D eigenvalue weighted by Gasteiger charge is -2.07. The zero-order valence-electron chi connectivity index (χ0n) is 7.93. The molecule has 1 aromatic rings. The number of methoxy groups -OCH3 is 1. The topological polar surface area (TPSA) is 64.3 Å². The number of rotatable bonds is 2. The molecule has 5 heteroatoms. The van der Waals surface area contributed by atoms with Gasteiger partial charge in [0.05, 0.1) is 24.0 Å². The first-order valence-corrected chi connectivity index (χ1v) is 3.95. The molecule has 4 nitrogen and oxygen atoms in total. The summed E-state index contributed by atoms with van der Waals surface area (Å²) in [5.41, 5.74) is 5.89. The number of carbonyl (C=O) groups is 1. The fourth-order valence-electron chi connectivity index (χ4n) is 1.06. The Bertz CT molecular complexity index is 366. The van der Waals surface area contributed by atoms with E-state index in [2.05, 4.69) is 10.1 Å². The van der Waals surface area contributed by atoms with Crippen LogP contribution in [-0.2, 0) is 4.74 Å². The van der Waals surface area contributed by atoms with Crippen molar-refractivity contribution in [2.45, 2.75) is 0 Å². The van der Waals surface area contributed by atoms with E-state index in [1.54, 1.807) is 7.05 Å². The predicted molar refractivity (Wildman–Crippen MR) is 51.7 cm³/mol. The summed E-state index contributed by atoms with van der Waals surface area (Å²) < 4.78 is 17.6. The second-order valence-electron chi connectivity index (χ2n) is 2.66. The minimum atomic E-state index is -0.641. The molecule has 0 radical (unpaired) electrons. The van der Waals surface area contributed by atoms with Gasteiger partial charge in [0.15, 0.2) is 0 Å². The summed E-state index contributed by atoms with van der Waals surface area (Å²) in [6, 6.07) is 2.48. The van der Waals surface area contributed by atoms with E-state index in [4.69, 9.17) is 5.73 Å². The van der Waals surface area contributed by atoms with Crippen molar-refractivity contribution >= 4 is 17.3 Å². The molecule has 76 valence electrons. The standard InChI is InChI=1S/C9H11FN2O2/c1-12-7-4-5(9(13)14-2)3-6(10)8(7)11/h3-4,12H,11H2,1-2H3. The van der Waals surface area contributed by atoms with E-state index in [0.29, 0.717) is 5.69 Å². The molecular formula is C9H11FN2O2. The smallest absolute Gasteiger partial charge is 0.338 e. The van der Waals surface area contributed by atoms with Gasteiger partial charge in [0.25, 0.3) is 0 Å². The SMILES string of the molecule is CNc1cc(C(=O)OC)cc(F)c1N. The number of hydrogen-bond acceptors (Lipinski definition) is 4. The van der Waals surface area contributed by atoms with Crippen LogP contribution in [0.2, 0.25) is 0 Å². The molecule has 0 heterocycles. The van der Waals surface area contributed by atoms with Crippen molar-refractivity contribution in [3.8, 4) is 0 Å². The third kappa shape index (κ3) is 1.76. The van der Waals surface area contributed by atoms with E-state index in [9.17, 15) is 9.18 Å². The van der Waals surface area contributed by atoms with E-state index < -0.39 is 11.8 Å². The molecule has 3 N–H and O–H groups in total. The van der Waals surface area contributed by atoms with Crippen LogP contribution in [0.4, 0.5) is 15.8 Å². The first kappa shape index (κ1) is 10.3. The number of esters is 1. The Labute approximate surface area is 80.9 Å². The molecule has 1 aromatic carbocycles. The Morgan fingerprint density at radius 1 is 1.57 bits per heavy atom. The molecule has 0 aliphatic heterocycles. The second kappa shape index (κ2) is 3.95. The number of benzene rings is 1. The van der Waals surface area contributed by atoms with Crippen LogP contribution in [0.1, 0.15) is 10.4 Å². The van der Waals surface area contributed by atoms with Crippen LogP contribution in [0.25, 0.3) is 0 Å². The molecule has 14 heavy (non-hydrogen) atoms. The average molecular weight is 198 g/mol. The van der Waals surface area contributed by atoms with Crippen LogP contribution < -0.4 is 11.1 Å². The molecule has 0 fully saturated rings. The van der Waals surface area contributed by atoms with Gasteiger partial charge >= 0.3 is 5.97 Å². The van der Waals surface area contributed by atoms with Gasteiger partial charge in [0.1, 0.15) is 5.82 Å². The molecule has 0 saturated carbocycles. The third-order valence-electron chi connectivity index (χ3n) is 1.82. The van der Waals surface area contributed by atoms with Crippen molar-refractivity contribution in [2.24, 2.45) is 0 Å². The van der Waals surface area contributed by atoms with E-state index in [0.717, 1.165) is 6.07 Å². The molecule has 0 amide bonds. The zero-order valence-corrected chi connectivity index (χ0v) is 7.93. The summed E-state index contributed by atoms with van der Waals surface area (Å²) in [4.78, 5) is 11.1.